The highest BCUT2D eigenvalue weighted by atomic mass is 35.5. The monoisotopic (exact) mass is 320 g/mol. The van der Waals surface area contributed by atoms with E-state index in [1.54, 1.807) is 0 Å². The van der Waals surface area contributed by atoms with E-state index >= 15 is 0 Å². The van der Waals surface area contributed by atoms with Gasteiger partial charge in [0, 0.05) is 23.4 Å². The molecule has 2 aliphatic rings. The van der Waals surface area contributed by atoms with Crippen LogP contribution in [0.5, 0.6) is 0 Å². The Kier molecular flexibility index (Phi) is 5.90. The van der Waals surface area contributed by atoms with Crippen molar-refractivity contribution in [2.45, 2.75) is 39.0 Å². The van der Waals surface area contributed by atoms with Crippen molar-refractivity contribution in [2.75, 3.05) is 13.2 Å². The van der Waals surface area contributed by atoms with Crippen molar-refractivity contribution in [2.24, 2.45) is 5.92 Å². The van der Waals surface area contributed by atoms with E-state index in [2.05, 4.69) is 19.2 Å². The van der Waals surface area contributed by atoms with E-state index in [1.807, 2.05) is 31.4 Å². The molecule has 0 bridgehead atoms. The third-order valence-electron chi connectivity index (χ3n) is 4.18. The smallest absolute Gasteiger partial charge is 0.131 e. The first-order chi connectivity index (χ1) is 10.5. The molecule has 0 saturated heterocycles. The average molecular weight is 321 g/mol. The molecule has 0 fully saturated rings. The zero-order chi connectivity index (χ0) is 16.1. The second kappa shape index (κ2) is 7.68. The van der Waals surface area contributed by atoms with Crippen LogP contribution in [0.3, 0.4) is 0 Å². The maximum atomic E-state index is 8.70. The largest absolute Gasteiger partial charge is 0.490 e. The molecule has 1 aliphatic heterocycles. The van der Waals surface area contributed by atoms with Gasteiger partial charge >= 0.3 is 0 Å². The van der Waals surface area contributed by atoms with E-state index < -0.39 is 0 Å². The molecule has 0 amide bonds. The van der Waals surface area contributed by atoms with E-state index in [1.165, 1.54) is 5.57 Å². The van der Waals surface area contributed by atoms with Crippen molar-refractivity contribution < 1.29 is 4.74 Å². The highest BCUT2D eigenvalue weighted by Crippen LogP contribution is 2.30. The number of halogens is 1. The van der Waals surface area contributed by atoms with Gasteiger partial charge in [-0.25, -0.2) is 0 Å². The number of alkyl halides is 1. The van der Waals surface area contributed by atoms with Crippen LogP contribution < -0.4 is 5.32 Å². The summed E-state index contributed by atoms with van der Waals surface area (Å²) in [5.41, 5.74) is 3.95. The molecule has 2 rings (SSSR count). The molecule has 2 unspecified atom stereocenters. The summed E-state index contributed by atoms with van der Waals surface area (Å²) in [6.07, 6.45) is 9.90. The fourth-order valence-corrected chi connectivity index (χ4v) is 3.16. The zero-order valence-corrected chi connectivity index (χ0v) is 14.3. The molecule has 2 atom stereocenters. The molecule has 0 radical (unpaired) electrons. The number of allylic oxidation sites excluding steroid dienone is 5. The fraction of sp³-hybridized carbons (Fsp3) is 0.500. The molecule has 0 aromatic carbocycles. The van der Waals surface area contributed by atoms with Gasteiger partial charge in [0.2, 0.25) is 0 Å². The topological polar surface area (TPSA) is 45.1 Å². The van der Waals surface area contributed by atoms with Crippen LogP contribution in [0.1, 0.15) is 33.6 Å². The lowest BCUT2D eigenvalue weighted by molar-refractivity contribution is 0.219. The lowest BCUT2D eigenvalue weighted by Crippen LogP contribution is -2.30. The Morgan fingerprint density at radius 3 is 2.77 bits per heavy atom. The first kappa shape index (κ1) is 16.9. The van der Waals surface area contributed by atoms with Crippen molar-refractivity contribution >= 4 is 17.3 Å². The predicted molar refractivity (Wildman–Crippen MR) is 93.4 cm³/mol. The summed E-state index contributed by atoms with van der Waals surface area (Å²) in [7, 11) is 0. The van der Waals surface area contributed by atoms with Gasteiger partial charge in [-0.15, -0.1) is 11.6 Å². The minimum Gasteiger partial charge on any atom is -0.490 e. The maximum Gasteiger partial charge on any atom is 0.131 e. The van der Waals surface area contributed by atoms with E-state index in [0.717, 1.165) is 36.3 Å². The van der Waals surface area contributed by atoms with Crippen molar-refractivity contribution in [3.8, 4) is 0 Å². The molecule has 0 spiro atoms. The molecule has 0 aromatic rings. The number of rotatable bonds is 7. The van der Waals surface area contributed by atoms with Gasteiger partial charge in [-0.05, 0) is 20.3 Å². The predicted octanol–water partition coefficient (Wildman–Crippen LogP) is 4.32. The summed E-state index contributed by atoms with van der Waals surface area (Å²) in [5, 5.41) is 11.6. The number of ether oxygens (including phenoxy) is 1. The van der Waals surface area contributed by atoms with Crippen molar-refractivity contribution in [3.05, 3.63) is 46.9 Å². The Bertz CT molecular complexity index is 557. The molecule has 120 valence electrons. The Morgan fingerprint density at radius 1 is 1.50 bits per heavy atom. The van der Waals surface area contributed by atoms with Gasteiger partial charge in [0.05, 0.1) is 11.9 Å². The standard InChI is InChI=1S/C18H25ClN2O/c1-4-6-12(2)15(11-22-14-9-21-10-14)18(20)17-13(3)7-5-8-16(17)19/h5,7-9,16-17,20-21H,4,6,10-11H2,1-3H3/b15-12+,20-18?. The van der Waals surface area contributed by atoms with E-state index in [4.69, 9.17) is 21.7 Å². The Hall–Kier alpha value is -1.48. The molecule has 2 N–H and O–H groups in total. The first-order valence-corrected chi connectivity index (χ1v) is 8.30. The van der Waals surface area contributed by atoms with Crippen LogP contribution in [0, 0.1) is 11.3 Å². The highest BCUT2D eigenvalue weighted by molar-refractivity contribution is 6.25. The third-order valence-corrected chi connectivity index (χ3v) is 4.58. The van der Waals surface area contributed by atoms with Crippen LogP contribution in [-0.2, 0) is 4.74 Å². The summed E-state index contributed by atoms with van der Waals surface area (Å²) in [5.74, 6) is 0.887. The molecule has 4 heteroatoms. The second-order valence-corrected chi connectivity index (χ2v) is 6.42. The molecular formula is C18H25ClN2O. The number of nitrogens with one attached hydrogen (secondary N) is 2. The second-order valence-electron chi connectivity index (χ2n) is 5.92. The Morgan fingerprint density at radius 2 is 2.23 bits per heavy atom. The lowest BCUT2D eigenvalue weighted by atomic mass is 9.83. The summed E-state index contributed by atoms with van der Waals surface area (Å²) in [6, 6.07) is 0. The van der Waals surface area contributed by atoms with E-state index in [0.29, 0.717) is 12.3 Å². The summed E-state index contributed by atoms with van der Waals surface area (Å²) in [4.78, 5) is 0. The minimum absolute atomic E-state index is 0.0643. The minimum atomic E-state index is -0.161. The van der Waals surface area contributed by atoms with Gasteiger partial charge in [0.1, 0.15) is 12.4 Å². The lowest BCUT2D eigenvalue weighted by Gasteiger charge is -2.28. The SMILES string of the molecule is CCC/C(C)=C(\COC1=CNC1)C(=N)C1C(C)=CC=CC1Cl. The molecule has 3 nitrogen and oxygen atoms in total. The molecule has 1 aliphatic carbocycles. The Labute approximate surface area is 138 Å². The van der Waals surface area contributed by atoms with Gasteiger partial charge in [-0.2, -0.15) is 0 Å². The number of hydrogen-bond acceptors (Lipinski definition) is 3. The summed E-state index contributed by atoms with van der Waals surface area (Å²) >= 11 is 6.45. The first-order valence-electron chi connectivity index (χ1n) is 7.86. The average Bonchev–Trinajstić information content (AvgIpc) is 2.41. The van der Waals surface area contributed by atoms with Crippen molar-refractivity contribution in [3.63, 3.8) is 0 Å². The van der Waals surface area contributed by atoms with Crippen LogP contribution >= 0.6 is 11.6 Å². The van der Waals surface area contributed by atoms with E-state index in [9.17, 15) is 0 Å². The van der Waals surface area contributed by atoms with Gasteiger partial charge < -0.3 is 15.5 Å². The normalized spacial score (nSPS) is 24.5. The van der Waals surface area contributed by atoms with Gasteiger partial charge in [-0.3, -0.25) is 0 Å². The quantitative estimate of drug-likeness (QED) is 0.542. The van der Waals surface area contributed by atoms with Crippen LogP contribution in [0.4, 0.5) is 0 Å². The number of hydrogen-bond donors (Lipinski definition) is 2. The fourth-order valence-electron chi connectivity index (χ4n) is 2.75. The third kappa shape index (κ3) is 3.83. The van der Waals surface area contributed by atoms with Crippen LogP contribution in [0.2, 0.25) is 0 Å². The van der Waals surface area contributed by atoms with Crippen LogP contribution in [0.15, 0.2) is 46.9 Å². The van der Waals surface area contributed by atoms with Crippen molar-refractivity contribution in [1.82, 2.24) is 5.32 Å². The molecule has 1 heterocycles. The molecular weight excluding hydrogens is 296 g/mol. The summed E-state index contributed by atoms with van der Waals surface area (Å²) in [6.45, 7) is 7.53. The highest BCUT2D eigenvalue weighted by Gasteiger charge is 2.28. The molecule has 0 aromatic heterocycles. The van der Waals surface area contributed by atoms with Gasteiger partial charge in [0.15, 0.2) is 0 Å². The summed E-state index contributed by atoms with van der Waals surface area (Å²) < 4.78 is 5.81. The molecule has 22 heavy (non-hydrogen) atoms. The van der Waals surface area contributed by atoms with E-state index in [-0.39, 0.29) is 11.3 Å². The molecule has 0 saturated carbocycles. The van der Waals surface area contributed by atoms with Gasteiger partial charge in [-0.1, -0.05) is 42.7 Å². The van der Waals surface area contributed by atoms with Crippen molar-refractivity contribution in [1.29, 1.82) is 5.41 Å². The van der Waals surface area contributed by atoms with Crippen LogP contribution in [0.25, 0.3) is 0 Å². The maximum absolute atomic E-state index is 8.70. The zero-order valence-electron chi connectivity index (χ0n) is 13.6. The van der Waals surface area contributed by atoms with Gasteiger partial charge in [0.25, 0.3) is 0 Å². The van der Waals surface area contributed by atoms with Crippen LogP contribution in [-0.4, -0.2) is 24.2 Å². The Balaban J connectivity index is 2.19.